The Bertz CT molecular complexity index is 1180. The summed E-state index contributed by atoms with van der Waals surface area (Å²) in [6, 6.07) is 24.1. The Morgan fingerprint density at radius 2 is 1.44 bits per heavy atom. The topological polar surface area (TPSA) is 87.7 Å². The van der Waals surface area contributed by atoms with Crippen LogP contribution >= 0.6 is 0 Å². The molecule has 6 nitrogen and oxygen atoms in total. The lowest BCUT2D eigenvalue weighted by Gasteiger charge is -2.23. The molecule has 0 bridgehead atoms. The van der Waals surface area contributed by atoms with Crippen molar-refractivity contribution >= 4 is 11.9 Å². The first kappa shape index (κ1) is 29.9. The Hall–Kier alpha value is -3.64. The predicted octanol–water partition coefficient (Wildman–Crippen LogP) is 5.88. The fraction of sp³-hybridized carbons (Fsp3) is 0.394. The lowest BCUT2D eigenvalue weighted by atomic mass is 9.87. The fourth-order valence-electron chi connectivity index (χ4n) is 4.29. The number of hydrogen-bond donors (Lipinski definition) is 3. The molecular formula is C33H42N2O4. The molecule has 2 atom stereocenters. The zero-order chi connectivity index (χ0) is 28.4. The SMILES string of the molecule is CC(C)CC(NCc1ccc(C(C)(C)C)cc1)C(=O)NC(Cc1ccc(OCc2ccccc2)cc1)C(=O)O. The van der Waals surface area contributed by atoms with Crippen molar-refractivity contribution in [3.8, 4) is 5.75 Å². The maximum absolute atomic E-state index is 13.2. The van der Waals surface area contributed by atoms with Gasteiger partial charge in [-0.25, -0.2) is 4.79 Å². The van der Waals surface area contributed by atoms with Gasteiger partial charge >= 0.3 is 5.97 Å². The van der Waals surface area contributed by atoms with E-state index in [0.717, 1.165) is 16.7 Å². The van der Waals surface area contributed by atoms with Crippen molar-refractivity contribution in [3.63, 3.8) is 0 Å². The average molecular weight is 531 g/mol. The number of carbonyl (C=O) groups is 2. The zero-order valence-electron chi connectivity index (χ0n) is 23.7. The van der Waals surface area contributed by atoms with Crippen LogP contribution in [0.15, 0.2) is 78.9 Å². The van der Waals surface area contributed by atoms with Crippen LogP contribution in [-0.4, -0.2) is 29.1 Å². The highest BCUT2D eigenvalue weighted by molar-refractivity contribution is 5.87. The van der Waals surface area contributed by atoms with Gasteiger partial charge in [-0.1, -0.05) is 101 Å². The molecule has 0 saturated heterocycles. The van der Waals surface area contributed by atoms with Gasteiger partial charge in [0.2, 0.25) is 5.91 Å². The van der Waals surface area contributed by atoms with Gasteiger partial charge in [-0.3, -0.25) is 4.79 Å². The van der Waals surface area contributed by atoms with Crippen molar-refractivity contribution in [2.24, 2.45) is 5.92 Å². The summed E-state index contributed by atoms with van der Waals surface area (Å²) < 4.78 is 5.82. The lowest BCUT2D eigenvalue weighted by Crippen LogP contribution is -2.51. The molecule has 0 aliphatic rings. The molecule has 2 unspecified atom stereocenters. The Labute approximate surface area is 232 Å². The first-order chi connectivity index (χ1) is 18.5. The van der Waals surface area contributed by atoms with Crippen LogP contribution in [0, 0.1) is 5.92 Å². The number of aliphatic carboxylic acids is 1. The largest absolute Gasteiger partial charge is 0.489 e. The Morgan fingerprint density at radius 1 is 0.821 bits per heavy atom. The molecule has 3 aromatic carbocycles. The number of ether oxygens (including phenoxy) is 1. The third-order valence-electron chi connectivity index (χ3n) is 6.62. The monoisotopic (exact) mass is 530 g/mol. The minimum Gasteiger partial charge on any atom is -0.489 e. The van der Waals surface area contributed by atoms with Crippen molar-refractivity contribution in [1.82, 2.24) is 10.6 Å². The molecule has 208 valence electrons. The van der Waals surface area contributed by atoms with E-state index in [1.165, 1.54) is 5.56 Å². The zero-order valence-corrected chi connectivity index (χ0v) is 23.7. The van der Waals surface area contributed by atoms with Crippen molar-refractivity contribution in [1.29, 1.82) is 0 Å². The molecule has 0 aliphatic carbocycles. The minimum absolute atomic E-state index is 0.0768. The molecule has 0 aromatic heterocycles. The van der Waals surface area contributed by atoms with E-state index >= 15 is 0 Å². The standard InChI is InChI=1S/C33H42N2O4/c1-23(2)19-29(34-21-25-11-15-27(16-12-25)33(3,4)5)31(36)35-30(32(37)38)20-24-13-17-28(18-14-24)39-22-26-9-7-6-8-10-26/h6-18,23,29-30,34H,19-22H2,1-5H3,(H,35,36)(H,37,38). The van der Waals surface area contributed by atoms with E-state index in [1.807, 2.05) is 54.6 Å². The summed E-state index contributed by atoms with van der Waals surface area (Å²) in [4.78, 5) is 25.3. The summed E-state index contributed by atoms with van der Waals surface area (Å²) in [7, 11) is 0. The summed E-state index contributed by atoms with van der Waals surface area (Å²) in [6.45, 7) is 11.6. The van der Waals surface area contributed by atoms with Crippen LogP contribution in [0.5, 0.6) is 5.75 Å². The maximum Gasteiger partial charge on any atom is 0.326 e. The van der Waals surface area contributed by atoms with Gasteiger partial charge in [0, 0.05) is 13.0 Å². The molecular weight excluding hydrogens is 488 g/mol. The molecule has 3 N–H and O–H groups in total. The summed E-state index contributed by atoms with van der Waals surface area (Å²) >= 11 is 0. The van der Waals surface area contributed by atoms with Crippen LogP contribution in [0.1, 0.15) is 63.3 Å². The summed E-state index contributed by atoms with van der Waals surface area (Å²) in [6.07, 6.45) is 0.786. The van der Waals surface area contributed by atoms with Gasteiger partial charge in [0.25, 0.3) is 0 Å². The third-order valence-corrected chi connectivity index (χ3v) is 6.62. The molecule has 3 aromatic rings. The van der Waals surface area contributed by atoms with Crippen molar-refractivity contribution in [2.75, 3.05) is 0 Å². The number of amides is 1. The van der Waals surface area contributed by atoms with Gasteiger partial charge < -0.3 is 20.5 Å². The van der Waals surface area contributed by atoms with Gasteiger partial charge in [0.1, 0.15) is 18.4 Å². The van der Waals surface area contributed by atoms with E-state index in [2.05, 4.69) is 69.5 Å². The second kappa shape index (κ2) is 13.9. The Balaban J connectivity index is 1.59. The molecule has 3 rings (SSSR count). The van der Waals surface area contributed by atoms with Crippen LogP contribution in [0.2, 0.25) is 0 Å². The fourth-order valence-corrected chi connectivity index (χ4v) is 4.29. The van der Waals surface area contributed by atoms with E-state index in [9.17, 15) is 14.7 Å². The van der Waals surface area contributed by atoms with Gasteiger partial charge in [-0.05, 0) is 52.1 Å². The number of benzene rings is 3. The van der Waals surface area contributed by atoms with Gasteiger partial charge in [0.15, 0.2) is 0 Å². The number of hydrogen-bond acceptors (Lipinski definition) is 4. The van der Waals surface area contributed by atoms with Crippen molar-refractivity contribution < 1.29 is 19.4 Å². The van der Waals surface area contributed by atoms with Crippen molar-refractivity contribution in [2.45, 2.75) is 78.1 Å². The number of rotatable bonds is 13. The molecule has 0 fully saturated rings. The number of carboxylic acids is 1. The predicted molar refractivity (Wildman–Crippen MR) is 156 cm³/mol. The highest BCUT2D eigenvalue weighted by atomic mass is 16.5. The van der Waals surface area contributed by atoms with Crippen LogP contribution in [0.3, 0.4) is 0 Å². The second-order valence-electron chi connectivity index (χ2n) is 11.5. The molecule has 6 heteroatoms. The van der Waals surface area contributed by atoms with E-state index in [-0.39, 0.29) is 23.7 Å². The van der Waals surface area contributed by atoms with Crippen LogP contribution in [0.4, 0.5) is 0 Å². The van der Waals surface area contributed by atoms with E-state index in [1.54, 1.807) is 0 Å². The quantitative estimate of drug-likeness (QED) is 0.257. The highest BCUT2D eigenvalue weighted by Crippen LogP contribution is 2.22. The number of nitrogens with one attached hydrogen (secondary N) is 2. The molecule has 0 aliphatic heterocycles. The average Bonchev–Trinajstić information content (AvgIpc) is 2.90. The lowest BCUT2D eigenvalue weighted by molar-refractivity contribution is -0.142. The number of carboxylic acid groups (broad SMARTS) is 1. The molecule has 0 spiro atoms. The summed E-state index contributed by atoms with van der Waals surface area (Å²) in [5, 5.41) is 16.0. The summed E-state index contributed by atoms with van der Waals surface area (Å²) in [5.41, 5.74) is 4.29. The van der Waals surface area contributed by atoms with Crippen molar-refractivity contribution in [3.05, 3.63) is 101 Å². The first-order valence-electron chi connectivity index (χ1n) is 13.6. The van der Waals surface area contributed by atoms with Crippen LogP contribution < -0.4 is 15.4 Å². The molecule has 0 saturated carbocycles. The van der Waals surface area contributed by atoms with E-state index in [0.29, 0.717) is 25.3 Å². The number of carbonyl (C=O) groups excluding carboxylic acids is 1. The van der Waals surface area contributed by atoms with Gasteiger partial charge in [-0.2, -0.15) is 0 Å². The first-order valence-corrected chi connectivity index (χ1v) is 13.6. The summed E-state index contributed by atoms with van der Waals surface area (Å²) in [5.74, 6) is -0.391. The highest BCUT2D eigenvalue weighted by Gasteiger charge is 2.26. The minimum atomic E-state index is -1.06. The van der Waals surface area contributed by atoms with E-state index in [4.69, 9.17) is 4.74 Å². The Morgan fingerprint density at radius 3 is 2.00 bits per heavy atom. The third kappa shape index (κ3) is 9.88. The molecule has 0 radical (unpaired) electrons. The molecule has 0 heterocycles. The smallest absolute Gasteiger partial charge is 0.326 e. The van der Waals surface area contributed by atoms with Gasteiger partial charge in [-0.15, -0.1) is 0 Å². The normalized spacial score (nSPS) is 13.1. The maximum atomic E-state index is 13.2. The Kier molecular flexibility index (Phi) is 10.7. The molecule has 39 heavy (non-hydrogen) atoms. The second-order valence-corrected chi connectivity index (χ2v) is 11.5. The van der Waals surface area contributed by atoms with E-state index < -0.39 is 18.1 Å². The van der Waals surface area contributed by atoms with Crippen LogP contribution in [0.25, 0.3) is 0 Å². The van der Waals surface area contributed by atoms with Crippen LogP contribution in [-0.2, 0) is 34.6 Å². The van der Waals surface area contributed by atoms with Gasteiger partial charge in [0.05, 0.1) is 6.04 Å². The molecule has 1 amide bonds.